The molecule has 1 aromatic carbocycles. The number of nitrogens with one attached hydrogen (secondary N) is 9. The van der Waals surface area contributed by atoms with Crippen LogP contribution in [0, 0.1) is 23.7 Å². The number of likely N-dealkylation sites (N-methyl/N-ethyl adjacent to an activating group) is 1. The number of benzene rings is 1. The number of nitrogens with two attached hydrogens (primary N) is 2. The summed E-state index contributed by atoms with van der Waals surface area (Å²) >= 11 is 0. The van der Waals surface area contributed by atoms with Gasteiger partial charge in [0.05, 0.1) is 31.9 Å². The number of ether oxygens (including phenoxy) is 3. The van der Waals surface area contributed by atoms with Crippen molar-refractivity contribution in [3.05, 3.63) is 53.6 Å². The SMILES string of the molecule is CCC(C)/C=C(C)/C=C\C(O)C(C)(O)C(=O)NCC(=O)N[C@@H](C(=O)N[C@H](C(=O)N[C@H](C(=O)N[C@H]1C(=O)N[C@H](COC)C(=O)NCC(=O)N[C@@H](C)C(=O)N(C)C([C@@H](C)O)C(=O)NC(C(OC)c2ccc(O)cc2)C(=O)N2CCCC[C@H]2C(=O)O[C@@H]1C(C)C)[C@@H](C)[C@@H](C)C(N)=O)[C@H](C)N)[C@@H](C)O. The van der Waals surface area contributed by atoms with Gasteiger partial charge < -0.3 is 109 Å². The molecule has 34 heteroatoms. The van der Waals surface area contributed by atoms with Crippen LogP contribution < -0.4 is 59.3 Å². The second-order valence-corrected chi connectivity index (χ2v) is 26.2. The van der Waals surface area contributed by atoms with Gasteiger partial charge in [0, 0.05) is 39.8 Å². The molecule has 2 heterocycles. The summed E-state index contributed by atoms with van der Waals surface area (Å²) in [6.07, 6.45) is -2.32. The number of phenolic OH excluding ortho intramolecular Hbond substituents is 1. The van der Waals surface area contributed by atoms with Crippen LogP contribution in [0.1, 0.15) is 120 Å². The molecule has 2 aliphatic rings. The molecule has 560 valence electrons. The third kappa shape index (κ3) is 24.0. The number of cyclic esters (lactones) is 1. The van der Waals surface area contributed by atoms with Crippen molar-refractivity contribution >= 4 is 76.9 Å². The molecule has 12 amide bonds. The van der Waals surface area contributed by atoms with E-state index in [1.807, 2.05) is 19.9 Å². The number of hydrogen-bond acceptors (Lipinski definition) is 22. The van der Waals surface area contributed by atoms with Crippen molar-refractivity contribution in [2.45, 2.75) is 205 Å². The molecular formula is C66H105N13O21. The van der Waals surface area contributed by atoms with Gasteiger partial charge in [-0.2, -0.15) is 0 Å². The minimum Gasteiger partial charge on any atom is -0.508 e. The number of allylic oxidation sites excluding steroid dienone is 3. The van der Waals surface area contributed by atoms with Crippen LogP contribution in [-0.4, -0.2) is 250 Å². The van der Waals surface area contributed by atoms with Crippen molar-refractivity contribution in [2.75, 3.05) is 47.5 Å². The van der Waals surface area contributed by atoms with Crippen LogP contribution in [0.3, 0.4) is 0 Å². The predicted octanol–water partition coefficient (Wildman–Crippen LogP) is -4.31. The van der Waals surface area contributed by atoms with E-state index in [9.17, 15) is 68.7 Å². The molecule has 100 heavy (non-hydrogen) atoms. The summed E-state index contributed by atoms with van der Waals surface area (Å²) in [5.41, 5.74) is 10.5. The first-order chi connectivity index (χ1) is 46.7. The zero-order chi connectivity index (χ0) is 76.0. The lowest BCUT2D eigenvalue weighted by Gasteiger charge is -2.40. The summed E-state index contributed by atoms with van der Waals surface area (Å²) in [5.74, 6) is -18.1. The van der Waals surface area contributed by atoms with E-state index in [0.717, 1.165) is 49.8 Å². The number of rotatable bonds is 27. The molecule has 2 aliphatic heterocycles. The number of aliphatic hydroxyl groups is 4. The van der Waals surface area contributed by atoms with Crippen LogP contribution in [0.25, 0.3) is 0 Å². The van der Waals surface area contributed by atoms with Gasteiger partial charge in [-0.1, -0.05) is 83.9 Å². The maximum atomic E-state index is 15.4. The van der Waals surface area contributed by atoms with Gasteiger partial charge in [0.15, 0.2) is 5.60 Å². The smallest absolute Gasteiger partial charge is 0.329 e. The summed E-state index contributed by atoms with van der Waals surface area (Å²) in [6, 6.07) is -12.0. The molecule has 6 unspecified atom stereocenters. The van der Waals surface area contributed by atoms with Crippen LogP contribution in [-0.2, 0) is 76.5 Å². The van der Waals surface area contributed by atoms with Crippen molar-refractivity contribution < 1.29 is 102 Å². The fraction of sp³-hybridized carbons (Fsp3) is 0.652. The van der Waals surface area contributed by atoms with Gasteiger partial charge in [0.1, 0.15) is 78.4 Å². The highest BCUT2D eigenvalue weighted by molar-refractivity contribution is 6.00. The lowest BCUT2D eigenvalue weighted by molar-refractivity contribution is -0.168. The van der Waals surface area contributed by atoms with Gasteiger partial charge >= 0.3 is 5.97 Å². The van der Waals surface area contributed by atoms with E-state index in [2.05, 4.69) is 47.9 Å². The number of carbonyl (C=O) groups is 13. The highest BCUT2D eigenvalue weighted by Crippen LogP contribution is 2.29. The predicted molar refractivity (Wildman–Crippen MR) is 359 cm³/mol. The Morgan fingerprint density at radius 1 is 0.820 bits per heavy atom. The molecule has 18 N–H and O–H groups in total. The standard InChI is InChI=1S/C66H105N13O21/c1-16-32(4)27-33(5)20-25-44(83)66(12,97)65(96)70-29-46(85)73-49(38(10)80)59(90)75-48(36(8)67)58(89)74-47(34(6)35(7)55(68)86)57(88)76-50-53(31(2)3)100-64(95)43-19-17-18-26-79(43)63(94)51(54(99-15)40-21-23-41(82)24-22-40)77-61(92)52(39(11)81)78(13)62(93)37(9)71-45(84)28-69-56(87)42(30-98-14)72-60(50)91/h20-25,27,31-32,34-39,42-44,47-54,80-83,97H,16-19,26,28-30,67H2,1-15H3,(H2,68,86)(H,69,87)(H,70,96)(H,71,84)(H,72,91)(H,73,85)(H,74,89)(H,75,90)(H,76,88)(H,77,92)/b25-20-,33-27+/t32?,34-,35+,36-,37-,38+,39+,42+,43-,44?,47-,48-,49+,50+,51?,52?,53+,54?,66?/m0/s1. The monoisotopic (exact) mass is 1420 g/mol. The molecular weight excluding hydrogens is 1310 g/mol. The molecule has 0 aromatic heterocycles. The maximum absolute atomic E-state index is 15.4. The van der Waals surface area contributed by atoms with Crippen LogP contribution in [0.2, 0.25) is 0 Å². The van der Waals surface area contributed by atoms with E-state index in [1.54, 1.807) is 6.92 Å². The van der Waals surface area contributed by atoms with Crippen molar-refractivity contribution in [3.63, 3.8) is 0 Å². The first-order valence-corrected chi connectivity index (χ1v) is 33.1. The zero-order valence-corrected chi connectivity index (χ0v) is 59.5. The van der Waals surface area contributed by atoms with Crippen LogP contribution in [0.4, 0.5) is 0 Å². The number of aromatic hydroxyl groups is 1. The number of methoxy groups -OCH3 is 2. The summed E-state index contributed by atoms with van der Waals surface area (Å²) in [4.78, 5) is 187. The quantitative estimate of drug-likeness (QED) is 0.0293. The van der Waals surface area contributed by atoms with E-state index >= 15 is 19.2 Å². The van der Waals surface area contributed by atoms with Gasteiger partial charge in [-0.05, 0) is 96.3 Å². The molecule has 19 atom stereocenters. The summed E-state index contributed by atoms with van der Waals surface area (Å²) in [5, 5.41) is 75.2. The number of phenols is 1. The van der Waals surface area contributed by atoms with Gasteiger partial charge in [-0.15, -0.1) is 0 Å². The average molecular weight is 1420 g/mol. The summed E-state index contributed by atoms with van der Waals surface area (Å²) in [7, 11) is 3.53. The lowest BCUT2D eigenvalue weighted by atomic mass is 9.87. The topological polar surface area (TPSA) is 518 Å². The van der Waals surface area contributed by atoms with Crippen molar-refractivity contribution in [1.29, 1.82) is 0 Å². The Morgan fingerprint density at radius 2 is 1.43 bits per heavy atom. The molecule has 2 saturated heterocycles. The number of aliphatic hydroxyl groups excluding tert-OH is 3. The number of amides is 12. The number of fused-ring (bicyclic) bond motifs is 1. The highest BCUT2D eigenvalue weighted by Gasteiger charge is 2.47. The number of carbonyl (C=O) groups excluding carboxylic acids is 13. The van der Waals surface area contributed by atoms with Gasteiger partial charge in [0.25, 0.3) is 5.91 Å². The molecule has 2 fully saturated rings. The van der Waals surface area contributed by atoms with E-state index in [1.165, 1.54) is 92.0 Å². The van der Waals surface area contributed by atoms with Gasteiger partial charge in [0.2, 0.25) is 65.0 Å². The molecule has 0 spiro atoms. The fourth-order valence-electron chi connectivity index (χ4n) is 11.1. The van der Waals surface area contributed by atoms with E-state index in [4.69, 9.17) is 25.7 Å². The Kier molecular flexibility index (Phi) is 33.7. The van der Waals surface area contributed by atoms with Crippen LogP contribution >= 0.6 is 0 Å². The van der Waals surface area contributed by atoms with E-state index < -0.39 is 211 Å². The Labute approximate surface area is 581 Å². The lowest BCUT2D eigenvalue weighted by Crippen LogP contribution is -2.66. The molecule has 1 aromatic rings. The largest absolute Gasteiger partial charge is 0.508 e. The highest BCUT2D eigenvalue weighted by atomic mass is 16.5. The number of piperidine rings is 1. The minimum absolute atomic E-state index is 0.0921. The third-order valence-electron chi connectivity index (χ3n) is 17.6. The second-order valence-electron chi connectivity index (χ2n) is 26.2. The van der Waals surface area contributed by atoms with E-state index in [0.29, 0.717) is 6.42 Å². The number of nitrogens with zero attached hydrogens (tertiary/aromatic N) is 2. The van der Waals surface area contributed by atoms with Crippen molar-refractivity contribution in [3.8, 4) is 5.75 Å². The molecule has 3 rings (SSSR count). The fourth-order valence-corrected chi connectivity index (χ4v) is 11.1. The van der Waals surface area contributed by atoms with Crippen LogP contribution in [0.15, 0.2) is 48.1 Å². The number of hydrogen-bond donors (Lipinski definition) is 16. The van der Waals surface area contributed by atoms with Crippen molar-refractivity contribution in [1.82, 2.24) is 57.7 Å². The Balaban J connectivity index is 2.19. The normalized spacial score (nSPS) is 24.5. The molecule has 0 aliphatic carbocycles. The molecule has 0 bridgehead atoms. The van der Waals surface area contributed by atoms with Gasteiger partial charge in [-0.3, -0.25) is 57.5 Å². The Bertz CT molecular complexity index is 3110. The van der Waals surface area contributed by atoms with E-state index in [-0.39, 0.29) is 36.6 Å². The first-order valence-electron chi connectivity index (χ1n) is 33.1. The first kappa shape index (κ1) is 85.6. The minimum atomic E-state index is -2.46. The van der Waals surface area contributed by atoms with Gasteiger partial charge in [-0.25, -0.2) is 4.79 Å². The average Bonchev–Trinajstić information content (AvgIpc) is 0.796. The zero-order valence-electron chi connectivity index (χ0n) is 59.5. The second kappa shape index (κ2) is 39.4. The number of primary amides is 1. The number of esters is 1. The summed E-state index contributed by atoms with van der Waals surface area (Å²) in [6.45, 7) is 14.6. The summed E-state index contributed by atoms with van der Waals surface area (Å²) < 4.78 is 17.3. The molecule has 0 saturated carbocycles. The molecule has 34 nitrogen and oxygen atoms in total. The van der Waals surface area contributed by atoms with Crippen LogP contribution in [0.5, 0.6) is 5.75 Å². The third-order valence-corrected chi connectivity index (χ3v) is 17.6. The maximum Gasteiger partial charge on any atom is 0.329 e. The Hall–Kier alpha value is -8.67. The Morgan fingerprint density at radius 3 is 1.98 bits per heavy atom. The molecule has 0 radical (unpaired) electrons. The van der Waals surface area contributed by atoms with Crippen molar-refractivity contribution in [2.24, 2.45) is 35.1 Å².